The summed E-state index contributed by atoms with van der Waals surface area (Å²) in [6.07, 6.45) is 2.08. The Labute approximate surface area is 191 Å². The second-order valence-corrected chi connectivity index (χ2v) is 7.56. The second kappa shape index (κ2) is 9.95. The van der Waals surface area contributed by atoms with Crippen molar-refractivity contribution in [3.8, 4) is 28.8 Å². The van der Waals surface area contributed by atoms with Crippen LogP contribution in [0.2, 0.25) is 0 Å². The Morgan fingerprint density at radius 3 is 2.48 bits per heavy atom. The highest BCUT2D eigenvalue weighted by molar-refractivity contribution is 5.90. The van der Waals surface area contributed by atoms with Gasteiger partial charge in [-0.2, -0.15) is 0 Å². The molecule has 0 saturated heterocycles. The number of aryl methyl sites for hydroxylation is 3. The Morgan fingerprint density at radius 2 is 1.76 bits per heavy atom. The molecular formula is C25H24N4O4. The van der Waals surface area contributed by atoms with Crippen molar-refractivity contribution < 1.29 is 18.7 Å². The molecule has 0 radical (unpaired) electrons. The van der Waals surface area contributed by atoms with Crippen LogP contribution in [-0.4, -0.2) is 28.2 Å². The summed E-state index contributed by atoms with van der Waals surface area (Å²) < 4.78 is 16.8. The predicted octanol–water partition coefficient (Wildman–Crippen LogP) is 5.12. The topological polar surface area (TPSA) is 99.4 Å². The summed E-state index contributed by atoms with van der Waals surface area (Å²) in [5, 5.41) is 10.9. The van der Waals surface area contributed by atoms with E-state index in [-0.39, 0.29) is 12.3 Å². The highest BCUT2D eigenvalue weighted by atomic mass is 16.5. The van der Waals surface area contributed by atoms with Crippen LogP contribution in [0.4, 0.5) is 5.69 Å². The number of aromatic nitrogens is 3. The first-order valence-corrected chi connectivity index (χ1v) is 10.5. The Hall–Kier alpha value is -4.20. The molecule has 8 nitrogen and oxygen atoms in total. The first-order valence-electron chi connectivity index (χ1n) is 10.5. The summed E-state index contributed by atoms with van der Waals surface area (Å²) in [4.78, 5) is 16.6. The summed E-state index contributed by atoms with van der Waals surface area (Å²) in [7, 11) is 1.59. The molecule has 4 rings (SSSR count). The predicted molar refractivity (Wildman–Crippen MR) is 123 cm³/mol. The lowest BCUT2D eigenvalue weighted by Crippen LogP contribution is -2.12. The molecule has 0 bridgehead atoms. The third kappa shape index (κ3) is 5.74. The van der Waals surface area contributed by atoms with Crippen molar-refractivity contribution in [1.29, 1.82) is 0 Å². The van der Waals surface area contributed by atoms with Gasteiger partial charge >= 0.3 is 0 Å². The molecule has 0 aliphatic rings. The van der Waals surface area contributed by atoms with Crippen molar-refractivity contribution in [3.63, 3.8) is 0 Å². The fourth-order valence-corrected chi connectivity index (χ4v) is 3.10. The van der Waals surface area contributed by atoms with E-state index in [2.05, 4.69) is 20.5 Å². The molecule has 0 unspecified atom stereocenters. The standard InChI is InChI=1S/C25H24N4O4/c1-16-4-7-18(8-5-16)25-29-28-24(33-25)13-11-22(30)27-19-9-12-23(26-15-19)32-20-10-6-17(2)14-21(20)31-3/h4-10,12,14-15H,11,13H2,1-3H3,(H,27,30). The van der Waals surface area contributed by atoms with Gasteiger partial charge in [0.05, 0.1) is 19.0 Å². The van der Waals surface area contributed by atoms with Gasteiger partial charge in [-0.1, -0.05) is 23.8 Å². The summed E-state index contributed by atoms with van der Waals surface area (Å²) in [5.41, 5.74) is 3.63. The Balaban J connectivity index is 1.30. The number of carbonyl (C=O) groups excluding carboxylic acids is 1. The van der Waals surface area contributed by atoms with E-state index in [1.54, 1.807) is 19.2 Å². The van der Waals surface area contributed by atoms with Crippen LogP contribution >= 0.6 is 0 Å². The number of amides is 1. The molecule has 0 fully saturated rings. The molecule has 4 aromatic rings. The van der Waals surface area contributed by atoms with Gasteiger partial charge in [0.1, 0.15) is 0 Å². The van der Waals surface area contributed by atoms with Crippen molar-refractivity contribution in [3.05, 3.63) is 77.8 Å². The number of hydrogen-bond acceptors (Lipinski definition) is 7. The minimum absolute atomic E-state index is 0.180. The number of benzene rings is 2. The first-order chi connectivity index (χ1) is 16.0. The van der Waals surface area contributed by atoms with Crippen LogP contribution in [0.5, 0.6) is 17.4 Å². The second-order valence-electron chi connectivity index (χ2n) is 7.56. The number of nitrogens with zero attached hydrogens (tertiary/aromatic N) is 3. The van der Waals surface area contributed by atoms with E-state index in [1.165, 1.54) is 6.20 Å². The van der Waals surface area contributed by atoms with E-state index in [1.807, 2.05) is 56.3 Å². The smallest absolute Gasteiger partial charge is 0.247 e. The lowest BCUT2D eigenvalue weighted by molar-refractivity contribution is -0.116. The number of carbonyl (C=O) groups is 1. The van der Waals surface area contributed by atoms with Gasteiger partial charge in [0.25, 0.3) is 0 Å². The zero-order valence-corrected chi connectivity index (χ0v) is 18.7. The third-order valence-corrected chi connectivity index (χ3v) is 4.89. The molecule has 0 atom stereocenters. The molecule has 1 amide bonds. The van der Waals surface area contributed by atoms with Gasteiger partial charge in [-0.25, -0.2) is 4.98 Å². The van der Waals surface area contributed by atoms with Gasteiger partial charge in [-0.05, 0) is 49.7 Å². The van der Waals surface area contributed by atoms with E-state index in [4.69, 9.17) is 13.9 Å². The summed E-state index contributed by atoms with van der Waals surface area (Å²) in [5.74, 6) is 2.26. The summed E-state index contributed by atoms with van der Waals surface area (Å²) in [6, 6.07) is 16.9. The number of rotatable bonds is 8. The lowest BCUT2D eigenvalue weighted by atomic mass is 10.1. The molecule has 0 saturated carbocycles. The summed E-state index contributed by atoms with van der Waals surface area (Å²) >= 11 is 0. The van der Waals surface area contributed by atoms with Crippen molar-refractivity contribution in [1.82, 2.24) is 15.2 Å². The van der Waals surface area contributed by atoms with Gasteiger partial charge in [0, 0.05) is 24.5 Å². The highest BCUT2D eigenvalue weighted by Gasteiger charge is 2.12. The largest absolute Gasteiger partial charge is 0.493 e. The number of methoxy groups -OCH3 is 1. The van der Waals surface area contributed by atoms with Crippen LogP contribution in [-0.2, 0) is 11.2 Å². The van der Waals surface area contributed by atoms with Gasteiger partial charge in [-0.3, -0.25) is 4.79 Å². The molecule has 0 spiro atoms. The Kier molecular flexibility index (Phi) is 6.64. The van der Waals surface area contributed by atoms with E-state index in [0.29, 0.717) is 41.3 Å². The van der Waals surface area contributed by atoms with Crippen LogP contribution < -0.4 is 14.8 Å². The van der Waals surface area contributed by atoms with E-state index in [9.17, 15) is 4.79 Å². The van der Waals surface area contributed by atoms with Crippen molar-refractivity contribution >= 4 is 11.6 Å². The highest BCUT2D eigenvalue weighted by Crippen LogP contribution is 2.31. The quantitative estimate of drug-likeness (QED) is 0.403. The van der Waals surface area contributed by atoms with Crippen LogP contribution in [0, 0.1) is 13.8 Å². The van der Waals surface area contributed by atoms with Gasteiger partial charge < -0.3 is 19.2 Å². The third-order valence-electron chi connectivity index (χ3n) is 4.89. The number of anilines is 1. The molecule has 0 aliphatic carbocycles. The molecule has 1 N–H and O–H groups in total. The molecule has 168 valence electrons. The fourth-order valence-electron chi connectivity index (χ4n) is 3.10. The first kappa shape index (κ1) is 22.0. The normalized spacial score (nSPS) is 10.6. The van der Waals surface area contributed by atoms with Crippen molar-refractivity contribution in [2.75, 3.05) is 12.4 Å². The van der Waals surface area contributed by atoms with E-state index in [0.717, 1.165) is 16.7 Å². The van der Waals surface area contributed by atoms with Crippen LogP contribution in [0.15, 0.2) is 65.2 Å². The summed E-state index contributed by atoms with van der Waals surface area (Å²) in [6.45, 7) is 3.99. The minimum Gasteiger partial charge on any atom is -0.493 e. The molecule has 2 aromatic heterocycles. The van der Waals surface area contributed by atoms with Crippen LogP contribution in [0.25, 0.3) is 11.5 Å². The molecule has 8 heteroatoms. The molecule has 2 heterocycles. The number of pyridine rings is 1. The van der Waals surface area contributed by atoms with Gasteiger partial charge in [0.15, 0.2) is 11.5 Å². The maximum Gasteiger partial charge on any atom is 0.247 e. The number of nitrogens with one attached hydrogen (secondary N) is 1. The van der Waals surface area contributed by atoms with Crippen molar-refractivity contribution in [2.45, 2.75) is 26.7 Å². The monoisotopic (exact) mass is 444 g/mol. The number of hydrogen-bond donors (Lipinski definition) is 1. The lowest BCUT2D eigenvalue weighted by Gasteiger charge is -2.10. The van der Waals surface area contributed by atoms with E-state index >= 15 is 0 Å². The maximum absolute atomic E-state index is 12.3. The van der Waals surface area contributed by atoms with Gasteiger partial charge in [0.2, 0.25) is 23.6 Å². The Morgan fingerprint density at radius 1 is 0.970 bits per heavy atom. The minimum atomic E-state index is -0.180. The molecule has 33 heavy (non-hydrogen) atoms. The molecule has 2 aromatic carbocycles. The van der Waals surface area contributed by atoms with Gasteiger partial charge in [-0.15, -0.1) is 10.2 Å². The average Bonchev–Trinajstić information content (AvgIpc) is 3.29. The zero-order chi connectivity index (χ0) is 23.2. The SMILES string of the molecule is COc1cc(C)ccc1Oc1ccc(NC(=O)CCc2nnc(-c3ccc(C)cc3)o2)cn1. The van der Waals surface area contributed by atoms with Crippen LogP contribution in [0.1, 0.15) is 23.4 Å². The van der Waals surface area contributed by atoms with Crippen molar-refractivity contribution in [2.24, 2.45) is 0 Å². The molecule has 0 aliphatic heterocycles. The number of ether oxygens (including phenoxy) is 2. The average molecular weight is 444 g/mol. The maximum atomic E-state index is 12.3. The van der Waals surface area contributed by atoms with Crippen LogP contribution in [0.3, 0.4) is 0 Å². The Bertz CT molecular complexity index is 1230. The zero-order valence-electron chi connectivity index (χ0n) is 18.7. The van der Waals surface area contributed by atoms with E-state index < -0.39 is 0 Å². The molecular weight excluding hydrogens is 420 g/mol. The fraction of sp³-hybridized carbons (Fsp3) is 0.200.